The van der Waals surface area contributed by atoms with Crippen LogP contribution in [0.5, 0.6) is 0 Å². The van der Waals surface area contributed by atoms with Crippen molar-refractivity contribution in [2.45, 2.75) is 4.90 Å². The van der Waals surface area contributed by atoms with Crippen LogP contribution in [0.4, 0.5) is 11.4 Å². The number of carbonyl (C=O) groups excluding carboxylic acids is 2. The number of carbonyl (C=O) groups is 2. The van der Waals surface area contributed by atoms with Gasteiger partial charge in [0.2, 0.25) is 0 Å². The number of imidazole rings is 1. The minimum atomic E-state index is -4.07. The summed E-state index contributed by atoms with van der Waals surface area (Å²) in [6.45, 7) is 0. The highest BCUT2D eigenvalue weighted by Gasteiger charge is 2.20. The van der Waals surface area contributed by atoms with E-state index >= 15 is 0 Å². The maximum absolute atomic E-state index is 12.9. The number of H-pyrrole nitrogens is 2. The van der Waals surface area contributed by atoms with Gasteiger partial charge in [-0.3, -0.25) is 9.52 Å². The van der Waals surface area contributed by atoms with Gasteiger partial charge in [-0.1, -0.05) is 18.2 Å². The van der Waals surface area contributed by atoms with Crippen molar-refractivity contribution in [2.24, 2.45) is 0 Å². The van der Waals surface area contributed by atoms with Crippen LogP contribution < -0.4 is 15.7 Å². The number of sulfonamides is 1. The molecule has 0 fully saturated rings. The first-order chi connectivity index (χ1) is 15.8. The number of methoxy groups -OCH3 is 1. The molecule has 0 aliphatic rings. The summed E-state index contributed by atoms with van der Waals surface area (Å²) in [6, 6.07) is 16.4. The molecule has 168 valence electrons. The van der Waals surface area contributed by atoms with Gasteiger partial charge in [0.25, 0.3) is 15.9 Å². The van der Waals surface area contributed by atoms with E-state index in [4.69, 9.17) is 0 Å². The van der Waals surface area contributed by atoms with E-state index in [0.717, 1.165) is 0 Å². The highest BCUT2D eigenvalue weighted by atomic mass is 32.2. The van der Waals surface area contributed by atoms with Crippen molar-refractivity contribution in [2.75, 3.05) is 17.1 Å². The van der Waals surface area contributed by atoms with Crippen LogP contribution in [0, 0.1) is 0 Å². The lowest BCUT2D eigenvalue weighted by Gasteiger charge is -2.13. The molecule has 0 unspecified atom stereocenters. The molecule has 1 amide bonds. The van der Waals surface area contributed by atoms with E-state index in [-0.39, 0.29) is 21.7 Å². The van der Waals surface area contributed by atoms with Gasteiger partial charge in [-0.2, -0.15) is 0 Å². The Labute approximate surface area is 187 Å². The first kappa shape index (κ1) is 21.8. The molecule has 0 radical (unpaired) electrons. The molecule has 0 bridgehead atoms. The Morgan fingerprint density at radius 3 is 2.45 bits per heavy atom. The second-order valence-electron chi connectivity index (χ2n) is 6.96. The normalized spacial score (nSPS) is 11.2. The molecule has 0 spiro atoms. The van der Waals surface area contributed by atoms with Gasteiger partial charge in [-0.15, -0.1) is 0 Å². The highest BCUT2D eigenvalue weighted by Crippen LogP contribution is 2.23. The van der Waals surface area contributed by atoms with Crippen molar-refractivity contribution in [3.63, 3.8) is 0 Å². The molecular formula is C22H18N4O6S. The van der Waals surface area contributed by atoms with E-state index in [2.05, 4.69) is 24.7 Å². The minimum absolute atomic E-state index is 0.0572. The summed E-state index contributed by atoms with van der Waals surface area (Å²) in [5.74, 6) is -1.14. The Morgan fingerprint density at radius 1 is 0.909 bits per heavy atom. The van der Waals surface area contributed by atoms with Gasteiger partial charge in [-0.05, 0) is 48.5 Å². The SMILES string of the molecule is COC(=O)c1cccc(NC(=O)c2ccccc2NS(=O)(=O)c2ccc3[nH]c(=O)[nH]c3c2)c1. The summed E-state index contributed by atoms with van der Waals surface area (Å²) in [5.41, 5.74) is 1.06. The van der Waals surface area contributed by atoms with Gasteiger partial charge in [0.15, 0.2) is 0 Å². The van der Waals surface area contributed by atoms with Crippen LogP contribution in [0.15, 0.2) is 76.4 Å². The molecule has 33 heavy (non-hydrogen) atoms. The molecule has 3 aromatic carbocycles. The number of anilines is 2. The van der Waals surface area contributed by atoms with Crippen molar-refractivity contribution < 1.29 is 22.7 Å². The number of hydrogen-bond donors (Lipinski definition) is 4. The number of benzene rings is 3. The van der Waals surface area contributed by atoms with E-state index in [1.54, 1.807) is 24.3 Å². The molecule has 0 aliphatic heterocycles. The van der Waals surface area contributed by atoms with E-state index in [0.29, 0.717) is 16.7 Å². The fraction of sp³-hybridized carbons (Fsp3) is 0.0455. The monoisotopic (exact) mass is 466 g/mol. The zero-order chi connectivity index (χ0) is 23.6. The number of nitrogens with one attached hydrogen (secondary N) is 4. The summed E-state index contributed by atoms with van der Waals surface area (Å²) >= 11 is 0. The maximum Gasteiger partial charge on any atom is 0.337 e. The van der Waals surface area contributed by atoms with E-state index in [9.17, 15) is 22.8 Å². The number of aromatic nitrogens is 2. The molecule has 4 aromatic rings. The third kappa shape index (κ3) is 4.62. The minimum Gasteiger partial charge on any atom is -0.465 e. The second-order valence-corrected chi connectivity index (χ2v) is 8.65. The lowest BCUT2D eigenvalue weighted by Crippen LogP contribution is -2.18. The zero-order valence-electron chi connectivity index (χ0n) is 17.2. The maximum atomic E-state index is 12.9. The van der Waals surface area contributed by atoms with E-state index < -0.39 is 27.6 Å². The standard InChI is InChI=1S/C22H18N4O6S/c1-32-21(28)13-5-4-6-14(11-13)23-20(27)16-7-2-3-8-17(16)26-33(30,31)15-9-10-18-19(12-15)25-22(29)24-18/h2-12,26H,1H3,(H,23,27)(H2,24,25,29). The van der Waals surface area contributed by atoms with Crippen LogP contribution in [-0.4, -0.2) is 37.4 Å². The first-order valence-corrected chi connectivity index (χ1v) is 11.1. The average Bonchev–Trinajstić information content (AvgIpc) is 3.18. The summed E-state index contributed by atoms with van der Waals surface area (Å²) in [4.78, 5) is 41.0. The van der Waals surface area contributed by atoms with Crippen LogP contribution in [0.3, 0.4) is 0 Å². The predicted molar refractivity (Wildman–Crippen MR) is 122 cm³/mol. The number of rotatable bonds is 6. The Morgan fingerprint density at radius 2 is 1.67 bits per heavy atom. The van der Waals surface area contributed by atoms with Gasteiger partial charge in [-0.25, -0.2) is 18.0 Å². The van der Waals surface area contributed by atoms with E-state index in [1.807, 2.05) is 0 Å². The van der Waals surface area contributed by atoms with Crippen LogP contribution in [0.2, 0.25) is 0 Å². The quantitative estimate of drug-likeness (QED) is 0.321. The largest absolute Gasteiger partial charge is 0.465 e. The third-order valence-corrected chi connectivity index (χ3v) is 6.12. The van der Waals surface area contributed by atoms with Crippen molar-refractivity contribution in [1.29, 1.82) is 0 Å². The average molecular weight is 466 g/mol. The molecule has 11 heteroatoms. The summed E-state index contributed by atoms with van der Waals surface area (Å²) in [7, 11) is -2.82. The van der Waals surface area contributed by atoms with E-state index in [1.165, 1.54) is 49.6 Å². The molecule has 4 rings (SSSR count). The van der Waals surface area contributed by atoms with Crippen LogP contribution in [-0.2, 0) is 14.8 Å². The molecule has 0 saturated heterocycles. The third-order valence-electron chi connectivity index (χ3n) is 4.76. The number of hydrogen-bond acceptors (Lipinski definition) is 6. The molecule has 0 aliphatic carbocycles. The molecule has 1 aromatic heterocycles. The van der Waals surface area contributed by atoms with Crippen LogP contribution >= 0.6 is 0 Å². The molecule has 0 saturated carbocycles. The molecular weight excluding hydrogens is 448 g/mol. The Hall–Kier alpha value is -4.38. The smallest absolute Gasteiger partial charge is 0.337 e. The van der Waals surface area contributed by atoms with Gasteiger partial charge in [0.1, 0.15) is 0 Å². The summed E-state index contributed by atoms with van der Waals surface area (Å²) < 4.78 is 33.0. The molecule has 10 nitrogen and oxygen atoms in total. The molecule has 1 heterocycles. The van der Waals surface area contributed by atoms with Crippen molar-refractivity contribution in [3.8, 4) is 0 Å². The number of fused-ring (bicyclic) bond motifs is 1. The first-order valence-electron chi connectivity index (χ1n) is 9.60. The molecule has 0 atom stereocenters. The van der Waals surface area contributed by atoms with Crippen molar-refractivity contribution in [3.05, 3.63) is 88.3 Å². The van der Waals surface area contributed by atoms with Crippen molar-refractivity contribution in [1.82, 2.24) is 9.97 Å². The van der Waals surface area contributed by atoms with Crippen LogP contribution in [0.1, 0.15) is 20.7 Å². The summed E-state index contributed by atoms with van der Waals surface area (Å²) in [6.07, 6.45) is 0. The van der Waals surface area contributed by atoms with Gasteiger partial charge < -0.3 is 20.0 Å². The highest BCUT2D eigenvalue weighted by molar-refractivity contribution is 7.92. The lowest BCUT2D eigenvalue weighted by atomic mass is 10.1. The Bertz CT molecular complexity index is 1540. The predicted octanol–water partition coefficient (Wildman–Crippen LogP) is 2.70. The second kappa shape index (κ2) is 8.63. The Kier molecular flexibility index (Phi) is 5.71. The topological polar surface area (TPSA) is 150 Å². The number of aromatic amines is 2. The van der Waals surface area contributed by atoms with Crippen LogP contribution in [0.25, 0.3) is 11.0 Å². The number of amides is 1. The fourth-order valence-electron chi connectivity index (χ4n) is 3.19. The Balaban J connectivity index is 1.61. The number of ether oxygens (including phenoxy) is 1. The zero-order valence-corrected chi connectivity index (χ0v) is 18.0. The van der Waals surface area contributed by atoms with Gasteiger partial charge in [0.05, 0.1) is 39.9 Å². The lowest BCUT2D eigenvalue weighted by molar-refractivity contribution is 0.0600. The van der Waals surface area contributed by atoms with Gasteiger partial charge in [0, 0.05) is 5.69 Å². The van der Waals surface area contributed by atoms with Gasteiger partial charge >= 0.3 is 11.7 Å². The number of para-hydroxylation sites is 1. The van der Waals surface area contributed by atoms with Crippen molar-refractivity contribution >= 4 is 44.3 Å². The summed E-state index contributed by atoms with van der Waals surface area (Å²) in [5, 5.41) is 2.65. The molecule has 4 N–H and O–H groups in total. The fourth-order valence-corrected chi connectivity index (χ4v) is 4.30. The number of esters is 1.